The second-order valence-electron chi connectivity index (χ2n) is 6.71. The molecule has 0 radical (unpaired) electrons. The van der Waals surface area contributed by atoms with Gasteiger partial charge in [0.25, 0.3) is 0 Å². The van der Waals surface area contributed by atoms with Crippen molar-refractivity contribution in [3.05, 3.63) is 76.9 Å². The second kappa shape index (κ2) is 7.91. The Bertz CT molecular complexity index is 865. The Morgan fingerprint density at radius 1 is 0.962 bits per heavy atom. The average Bonchev–Trinajstić information content (AvgIpc) is 3.00. The molecule has 134 valence electrons. The molecule has 4 heteroatoms. The molecule has 2 aromatic carbocycles. The zero-order valence-corrected chi connectivity index (χ0v) is 16.6. The summed E-state index contributed by atoms with van der Waals surface area (Å²) in [5, 5.41) is 0.769. The fourth-order valence-corrected chi connectivity index (χ4v) is 4.67. The Labute approximate surface area is 164 Å². The van der Waals surface area contributed by atoms with Crippen molar-refractivity contribution < 1.29 is 0 Å². The van der Waals surface area contributed by atoms with Crippen LogP contribution in [0.1, 0.15) is 11.3 Å². The fraction of sp³-hybridized carbons (Fsp3) is 0.273. The van der Waals surface area contributed by atoms with E-state index < -0.39 is 0 Å². The van der Waals surface area contributed by atoms with Crippen molar-refractivity contribution in [1.82, 2.24) is 9.47 Å². The SMILES string of the molecule is Cc1c(CN2CCSCC2)cc(-c2ccccc2)n1-c1ccc(Cl)cc1. The molecule has 2 nitrogen and oxygen atoms in total. The Morgan fingerprint density at radius 2 is 1.65 bits per heavy atom. The number of hydrogen-bond acceptors (Lipinski definition) is 2. The Hall–Kier alpha value is -1.68. The van der Waals surface area contributed by atoms with Crippen LogP contribution in [0.25, 0.3) is 16.9 Å². The van der Waals surface area contributed by atoms with E-state index in [0.29, 0.717) is 0 Å². The number of benzene rings is 2. The van der Waals surface area contributed by atoms with Crippen molar-refractivity contribution >= 4 is 23.4 Å². The number of rotatable bonds is 4. The van der Waals surface area contributed by atoms with Crippen LogP contribution >= 0.6 is 23.4 Å². The first-order chi connectivity index (χ1) is 12.7. The van der Waals surface area contributed by atoms with Crippen molar-refractivity contribution in [3.8, 4) is 16.9 Å². The molecular weight excluding hydrogens is 360 g/mol. The van der Waals surface area contributed by atoms with Gasteiger partial charge in [-0.2, -0.15) is 11.8 Å². The molecule has 4 rings (SSSR count). The highest BCUT2D eigenvalue weighted by molar-refractivity contribution is 7.99. The van der Waals surface area contributed by atoms with Gasteiger partial charge in [0.05, 0.1) is 5.69 Å². The first kappa shape index (κ1) is 17.7. The molecule has 1 aromatic heterocycles. The number of aromatic nitrogens is 1. The van der Waals surface area contributed by atoms with Crippen molar-refractivity contribution in [3.63, 3.8) is 0 Å². The minimum Gasteiger partial charge on any atom is -0.314 e. The summed E-state index contributed by atoms with van der Waals surface area (Å²) in [6, 6.07) is 21.1. The molecule has 0 bridgehead atoms. The van der Waals surface area contributed by atoms with Crippen LogP contribution in [0.4, 0.5) is 0 Å². The first-order valence-electron chi connectivity index (χ1n) is 9.05. The second-order valence-corrected chi connectivity index (χ2v) is 8.37. The summed E-state index contributed by atoms with van der Waals surface area (Å²) in [6.45, 7) is 5.61. The van der Waals surface area contributed by atoms with Gasteiger partial charge in [0.15, 0.2) is 0 Å². The van der Waals surface area contributed by atoms with Gasteiger partial charge in [0, 0.05) is 47.5 Å². The minimum absolute atomic E-state index is 0.769. The van der Waals surface area contributed by atoms with Crippen LogP contribution < -0.4 is 0 Å². The third-order valence-corrected chi connectivity index (χ3v) is 6.20. The standard InChI is InChI=1S/C22H23ClN2S/c1-17-19(16-24-11-13-26-14-12-24)15-22(18-5-3-2-4-6-18)25(17)21-9-7-20(23)8-10-21/h2-10,15H,11-14,16H2,1H3. The summed E-state index contributed by atoms with van der Waals surface area (Å²) < 4.78 is 2.36. The van der Waals surface area contributed by atoms with E-state index in [2.05, 4.69) is 76.7 Å². The third-order valence-electron chi connectivity index (χ3n) is 5.00. The lowest BCUT2D eigenvalue weighted by Crippen LogP contribution is -2.32. The molecule has 0 spiro atoms. The van der Waals surface area contributed by atoms with Gasteiger partial charge in [0.1, 0.15) is 0 Å². The molecule has 0 saturated carbocycles. The van der Waals surface area contributed by atoms with Gasteiger partial charge in [-0.3, -0.25) is 4.90 Å². The Morgan fingerprint density at radius 3 is 2.35 bits per heavy atom. The third kappa shape index (κ3) is 3.71. The zero-order valence-electron chi connectivity index (χ0n) is 15.0. The molecule has 1 fully saturated rings. The van der Waals surface area contributed by atoms with Gasteiger partial charge in [-0.25, -0.2) is 0 Å². The lowest BCUT2D eigenvalue weighted by molar-refractivity contribution is 0.294. The van der Waals surface area contributed by atoms with Crippen molar-refractivity contribution in [2.24, 2.45) is 0 Å². The quantitative estimate of drug-likeness (QED) is 0.575. The van der Waals surface area contributed by atoms with Crippen LogP contribution in [0.2, 0.25) is 5.02 Å². The molecule has 0 aliphatic carbocycles. The highest BCUT2D eigenvalue weighted by Crippen LogP contribution is 2.31. The van der Waals surface area contributed by atoms with E-state index in [1.807, 2.05) is 12.1 Å². The summed E-state index contributed by atoms with van der Waals surface area (Å²) in [5.41, 5.74) is 6.36. The average molecular weight is 383 g/mol. The lowest BCUT2D eigenvalue weighted by Gasteiger charge is -2.26. The number of thioether (sulfide) groups is 1. The predicted octanol–water partition coefficient (Wildman–Crippen LogP) is 5.65. The monoisotopic (exact) mass is 382 g/mol. The molecule has 1 saturated heterocycles. The van der Waals surface area contributed by atoms with Gasteiger partial charge < -0.3 is 4.57 Å². The maximum absolute atomic E-state index is 6.11. The molecule has 1 aliphatic heterocycles. The van der Waals surface area contributed by atoms with Gasteiger partial charge in [-0.15, -0.1) is 0 Å². The summed E-state index contributed by atoms with van der Waals surface area (Å²) >= 11 is 8.17. The zero-order chi connectivity index (χ0) is 17.9. The largest absolute Gasteiger partial charge is 0.314 e. The Balaban J connectivity index is 1.78. The van der Waals surface area contributed by atoms with Crippen molar-refractivity contribution in [2.45, 2.75) is 13.5 Å². The summed E-state index contributed by atoms with van der Waals surface area (Å²) in [5.74, 6) is 2.48. The smallest absolute Gasteiger partial charge is 0.0534 e. The minimum atomic E-state index is 0.769. The van der Waals surface area contributed by atoms with Gasteiger partial charge >= 0.3 is 0 Å². The van der Waals surface area contributed by atoms with E-state index in [9.17, 15) is 0 Å². The summed E-state index contributed by atoms with van der Waals surface area (Å²) in [7, 11) is 0. The van der Waals surface area contributed by atoms with E-state index in [1.165, 1.54) is 47.1 Å². The highest BCUT2D eigenvalue weighted by Gasteiger charge is 2.18. The molecule has 0 N–H and O–H groups in total. The van der Waals surface area contributed by atoms with E-state index in [4.69, 9.17) is 11.6 Å². The first-order valence-corrected chi connectivity index (χ1v) is 10.6. The van der Waals surface area contributed by atoms with E-state index in [1.54, 1.807) is 0 Å². The van der Waals surface area contributed by atoms with Gasteiger partial charge in [-0.1, -0.05) is 41.9 Å². The molecule has 1 aliphatic rings. The maximum atomic E-state index is 6.11. The van der Waals surface area contributed by atoms with Crippen LogP contribution in [0, 0.1) is 6.92 Å². The highest BCUT2D eigenvalue weighted by atomic mass is 35.5. The number of nitrogens with zero attached hydrogens (tertiary/aromatic N) is 2. The topological polar surface area (TPSA) is 8.17 Å². The lowest BCUT2D eigenvalue weighted by atomic mass is 10.1. The van der Waals surface area contributed by atoms with Gasteiger partial charge in [-0.05, 0) is 48.4 Å². The fourth-order valence-electron chi connectivity index (χ4n) is 3.56. The summed E-state index contributed by atoms with van der Waals surface area (Å²) in [6.07, 6.45) is 0. The molecule has 0 atom stereocenters. The van der Waals surface area contributed by atoms with E-state index >= 15 is 0 Å². The summed E-state index contributed by atoms with van der Waals surface area (Å²) in [4.78, 5) is 2.57. The van der Waals surface area contributed by atoms with E-state index in [-0.39, 0.29) is 0 Å². The molecular formula is C22H23ClN2S. The molecule has 3 aromatic rings. The maximum Gasteiger partial charge on any atom is 0.0534 e. The van der Waals surface area contributed by atoms with E-state index in [0.717, 1.165) is 17.3 Å². The molecule has 2 heterocycles. The number of halogens is 1. The molecule has 0 amide bonds. The van der Waals surface area contributed by atoms with Crippen LogP contribution in [0.5, 0.6) is 0 Å². The molecule has 0 unspecified atom stereocenters. The normalized spacial score (nSPS) is 15.3. The molecule has 26 heavy (non-hydrogen) atoms. The van der Waals surface area contributed by atoms with Crippen LogP contribution in [-0.4, -0.2) is 34.1 Å². The van der Waals surface area contributed by atoms with Crippen molar-refractivity contribution in [2.75, 3.05) is 24.6 Å². The van der Waals surface area contributed by atoms with Gasteiger partial charge in [0.2, 0.25) is 0 Å². The number of hydrogen-bond donors (Lipinski definition) is 0. The van der Waals surface area contributed by atoms with Crippen LogP contribution in [-0.2, 0) is 6.54 Å². The van der Waals surface area contributed by atoms with Crippen molar-refractivity contribution in [1.29, 1.82) is 0 Å². The Kier molecular flexibility index (Phi) is 5.39. The predicted molar refractivity (Wildman–Crippen MR) is 114 cm³/mol. The van der Waals surface area contributed by atoms with Crippen LogP contribution in [0.15, 0.2) is 60.7 Å². The van der Waals surface area contributed by atoms with Crippen LogP contribution in [0.3, 0.4) is 0 Å².